The zero-order valence-corrected chi connectivity index (χ0v) is 13.9. The van der Waals surface area contributed by atoms with Gasteiger partial charge in [-0.25, -0.2) is 0 Å². The van der Waals surface area contributed by atoms with E-state index in [1.165, 1.54) is 0 Å². The van der Waals surface area contributed by atoms with E-state index >= 15 is 0 Å². The van der Waals surface area contributed by atoms with E-state index in [1.54, 1.807) is 47.3 Å². The van der Waals surface area contributed by atoms with Gasteiger partial charge in [-0.2, -0.15) is 0 Å². The van der Waals surface area contributed by atoms with E-state index in [-0.39, 0.29) is 35.8 Å². The molecule has 1 aliphatic heterocycles. The van der Waals surface area contributed by atoms with Crippen LogP contribution < -0.4 is 5.32 Å². The minimum atomic E-state index is -0.179. The van der Waals surface area contributed by atoms with Crippen molar-refractivity contribution in [1.82, 2.24) is 5.32 Å². The third-order valence-electron chi connectivity index (χ3n) is 3.73. The van der Waals surface area contributed by atoms with Crippen molar-refractivity contribution in [3.63, 3.8) is 0 Å². The molecule has 0 spiro atoms. The molecule has 0 bridgehead atoms. The maximum Gasteiger partial charge on any atom is 0.120 e. The Bertz CT molecular complexity index is 267. The fraction of sp³-hybridized carbons (Fsp3) is 1.00. The molecule has 6 nitrogen and oxygen atoms in total. The molecular formula is C13H27NO5S. The molecular weight excluding hydrogens is 282 g/mol. The van der Waals surface area contributed by atoms with E-state index in [4.69, 9.17) is 23.7 Å². The Kier molecular flexibility index (Phi) is 8.35. The number of nitrogens with one attached hydrogen (secondary N) is 1. The predicted octanol–water partition coefficient (Wildman–Crippen LogP) is 0.354. The Morgan fingerprint density at radius 1 is 0.950 bits per heavy atom. The van der Waals surface area contributed by atoms with Crippen LogP contribution in [0.1, 0.15) is 0 Å². The molecule has 1 rings (SSSR count). The quantitative estimate of drug-likeness (QED) is 0.649. The highest BCUT2D eigenvalue weighted by Gasteiger charge is 2.48. The van der Waals surface area contributed by atoms with Crippen LogP contribution >= 0.6 is 11.8 Å². The van der Waals surface area contributed by atoms with Crippen molar-refractivity contribution in [2.24, 2.45) is 0 Å². The average molecular weight is 309 g/mol. The highest BCUT2D eigenvalue weighted by Crippen LogP contribution is 2.28. The number of thioether (sulfide) groups is 1. The number of ether oxygens (including phenoxy) is 5. The lowest BCUT2D eigenvalue weighted by atomic mass is 9.90. The summed E-state index contributed by atoms with van der Waals surface area (Å²) >= 11 is 1.64. The van der Waals surface area contributed by atoms with Gasteiger partial charge in [0.1, 0.15) is 23.7 Å². The molecule has 2 unspecified atom stereocenters. The van der Waals surface area contributed by atoms with Gasteiger partial charge in [0, 0.05) is 35.5 Å². The van der Waals surface area contributed by atoms with E-state index in [9.17, 15) is 0 Å². The molecule has 1 heterocycles. The summed E-state index contributed by atoms with van der Waals surface area (Å²) in [6.45, 7) is 0.538. The zero-order chi connectivity index (χ0) is 15.1. The van der Waals surface area contributed by atoms with E-state index in [0.717, 1.165) is 0 Å². The molecule has 0 aromatic carbocycles. The lowest BCUT2D eigenvalue weighted by Crippen LogP contribution is -2.69. The summed E-state index contributed by atoms with van der Waals surface area (Å²) in [4.78, 5) is 0. The molecule has 0 aliphatic carbocycles. The number of hydrogen-bond acceptors (Lipinski definition) is 7. The molecule has 0 aromatic heterocycles. The van der Waals surface area contributed by atoms with Crippen LogP contribution in [0.25, 0.3) is 0 Å². The molecule has 0 amide bonds. The van der Waals surface area contributed by atoms with Gasteiger partial charge >= 0.3 is 0 Å². The molecule has 20 heavy (non-hydrogen) atoms. The first-order valence-electron chi connectivity index (χ1n) is 6.57. The van der Waals surface area contributed by atoms with Gasteiger partial charge in [-0.1, -0.05) is 0 Å². The standard InChI is InChI=1S/C13H27NO5S/c1-15-7-8-10(16-2)12(18-4)11(17-3)9(14-8)13(19-5)20-6/h8-14H,7H2,1-6H3/t8-,9?,10-,11+,12+,13?/m1/s1. The zero-order valence-electron chi connectivity index (χ0n) is 13.1. The van der Waals surface area contributed by atoms with Crippen LogP contribution in [-0.2, 0) is 23.7 Å². The Labute approximate surface area is 125 Å². The van der Waals surface area contributed by atoms with Gasteiger partial charge in [-0.15, -0.1) is 11.8 Å². The Balaban J connectivity index is 2.99. The van der Waals surface area contributed by atoms with Crippen LogP contribution in [0, 0.1) is 0 Å². The number of piperidine rings is 1. The van der Waals surface area contributed by atoms with Crippen LogP contribution in [0.2, 0.25) is 0 Å². The highest BCUT2D eigenvalue weighted by atomic mass is 32.2. The Morgan fingerprint density at radius 3 is 1.95 bits per heavy atom. The number of methoxy groups -OCH3 is 5. The molecule has 1 saturated heterocycles. The molecule has 7 heteroatoms. The smallest absolute Gasteiger partial charge is 0.120 e. The fourth-order valence-corrected chi connectivity index (χ4v) is 3.57. The largest absolute Gasteiger partial charge is 0.383 e. The third-order valence-corrected chi connectivity index (χ3v) is 4.68. The van der Waals surface area contributed by atoms with Crippen molar-refractivity contribution < 1.29 is 23.7 Å². The second-order valence-electron chi connectivity index (χ2n) is 4.70. The summed E-state index contributed by atoms with van der Waals surface area (Å²) in [5.41, 5.74) is -0.0326. The van der Waals surface area contributed by atoms with E-state index in [1.807, 2.05) is 6.26 Å². The minimum absolute atomic E-state index is 0.00324. The normalized spacial score (nSPS) is 36.0. The molecule has 120 valence electrons. The summed E-state index contributed by atoms with van der Waals surface area (Å²) < 4.78 is 27.7. The SMILES string of the molecule is COC[C@H]1NC(C(OC)SC)[C@H](OC)[C@@H](OC)[C@@H]1OC. The van der Waals surface area contributed by atoms with E-state index in [2.05, 4.69) is 5.32 Å². The van der Waals surface area contributed by atoms with Crippen LogP contribution in [0.4, 0.5) is 0 Å². The molecule has 0 radical (unpaired) electrons. The summed E-state index contributed by atoms with van der Waals surface area (Å²) in [7, 11) is 8.41. The maximum atomic E-state index is 5.65. The van der Waals surface area contributed by atoms with Gasteiger partial charge in [-0.05, 0) is 6.26 Å². The van der Waals surface area contributed by atoms with E-state index < -0.39 is 0 Å². The lowest BCUT2D eigenvalue weighted by Gasteiger charge is -2.47. The maximum absolute atomic E-state index is 5.65. The van der Waals surface area contributed by atoms with Gasteiger partial charge in [-0.3, -0.25) is 0 Å². The van der Waals surface area contributed by atoms with Gasteiger partial charge in [0.05, 0.1) is 18.7 Å². The first kappa shape index (κ1) is 18.2. The summed E-state index contributed by atoms with van der Waals surface area (Å²) in [6.07, 6.45) is 1.54. The number of hydrogen-bond donors (Lipinski definition) is 1. The molecule has 0 saturated carbocycles. The van der Waals surface area contributed by atoms with E-state index in [0.29, 0.717) is 6.61 Å². The monoisotopic (exact) mass is 309 g/mol. The van der Waals surface area contributed by atoms with Gasteiger partial charge in [0.2, 0.25) is 0 Å². The molecule has 6 atom stereocenters. The number of rotatable bonds is 8. The van der Waals surface area contributed by atoms with Crippen molar-refractivity contribution in [3.8, 4) is 0 Å². The van der Waals surface area contributed by atoms with Crippen LogP contribution in [-0.4, -0.2) is 84.2 Å². The fourth-order valence-electron chi connectivity index (χ4n) is 2.85. The first-order chi connectivity index (χ1) is 9.68. The molecule has 1 fully saturated rings. The van der Waals surface area contributed by atoms with Crippen molar-refractivity contribution in [3.05, 3.63) is 0 Å². The van der Waals surface area contributed by atoms with Crippen molar-refractivity contribution >= 4 is 11.8 Å². The topological polar surface area (TPSA) is 58.2 Å². The summed E-state index contributed by atoms with van der Waals surface area (Å²) in [5, 5.41) is 3.52. The van der Waals surface area contributed by atoms with Gasteiger partial charge in [0.25, 0.3) is 0 Å². The Morgan fingerprint density at radius 2 is 1.55 bits per heavy atom. The average Bonchev–Trinajstić information content (AvgIpc) is 2.48. The first-order valence-corrected chi connectivity index (χ1v) is 7.86. The molecule has 0 aromatic rings. The van der Waals surface area contributed by atoms with Crippen molar-refractivity contribution in [2.75, 3.05) is 48.4 Å². The second kappa shape index (κ2) is 9.19. The lowest BCUT2D eigenvalue weighted by molar-refractivity contribution is -0.165. The Hall–Kier alpha value is 0.110. The minimum Gasteiger partial charge on any atom is -0.383 e. The van der Waals surface area contributed by atoms with Gasteiger partial charge in [0.15, 0.2) is 0 Å². The molecule has 1 aliphatic rings. The van der Waals surface area contributed by atoms with Crippen LogP contribution in [0.3, 0.4) is 0 Å². The summed E-state index contributed by atoms with van der Waals surface area (Å²) in [6, 6.07) is 0.0210. The highest BCUT2D eigenvalue weighted by molar-refractivity contribution is 7.99. The van der Waals surface area contributed by atoms with Crippen LogP contribution in [0.15, 0.2) is 0 Å². The van der Waals surface area contributed by atoms with Gasteiger partial charge < -0.3 is 29.0 Å². The predicted molar refractivity (Wildman–Crippen MR) is 79.3 cm³/mol. The van der Waals surface area contributed by atoms with Crippen molar-refractivity contribution in [1.29, 1.82) is 0 Å². The molecule has 1 N–H and O–H groups in total. The third kappa shape index (κ3) is 3.85. The van der Waals surface area contributed by atoms with Crippen molar-refractivity contribution in [2.45, 2.75) is 35.8 Å². The second-order valence-corrected chi connectivity index (χ2v) is 5.63. The van der Waals surface area contributed by atoms with Crippen LogP contribution in [0.5, 0.6) is 0 Å². The summed E-state index contributed by atoms with van der Waals surface area (Å²) in [5.74, 6) is 0.